The van der Waals surface area contributed by atoms with Crippen LogP contribution in [-0.4, -0.2) is 6.54 Å². The molecule has 2 heteroatoms. The van der Waals surface area contributed by atoms with Gasteiger partial charge in [0.15, 0.2) is 0 Å². The van der Waals surface area contributed by atoms with E-state index in [1.165, 1.54) is 31.2 Å². The average Bonchev–Trinajstić information content (AvgIpc) is 2.94. The molecular weight excluding hydrogens is 274 g/mol. The molecule has 3 rings (SSSR count). The molecule has 1 aliphatic carbocycles. The van der Waals surface area contributed by atoms with E-state index in [9.17, 15) is 0 Å². The van der Waals surface area contributed by atoms with Crippen LogP contribution >= 0.6 is 11.3 Å². The van der Waals surface area contributed by atoms with Crippen LogP contribution in [0.15, 0.2) is 35.7 Å². The quantitative estimate of drug-likeness (QED) is 0.828. The summed E-state index contributed by atoms with van der Waals surface area (Å²) in [6.45, 7) is 5.62. The predicted octanol–water partition coefficient (Wildman–Crippen LogP) is 4.90. The van der Waals surface area contributed by atoms with Gasteiger partial charge in [0.25, 0.3) is 0 Å². The zero-order valence-electron chi connectivity index (χ0n) is 13.1. The summed E-state index contributed by atoms with van der Waals surface area (Å²) in [6.07, 6.45) is 4.95. The van der Waals surface area contributed by atoms with E-state index in [1.54, 1.807) is 16.0 Å². The number of fused-ring (bicyclic) bond motifs is 1. The van der Waals surface area contributed by atoms with E-state index in [-0.39, 0.29) is 0 Å². The first kappa shape index (κ1) is 14.8. The first-order valence-electron chi connectivity index (χ1n) is 8.13. The molecule has 2 atom stereocenters. The minimum atomic E-state index is 0.526. The van der Waals surface area contributed by atoms with Crippen LogP contribution in [0.4, 0.5) is 0 Å². The predicted molar refractivity (Wildman–Crippen MR) is 92.0 cm³/mol. The maximum atomic E-state index is 3.82. The summed E-state index contributed by atoms with van der Waals surface area (Å²) in [6, 6.07) is 11.8. The number of nitrogens with one attached hydrogen (secondary N) is 1. The SMILES string of the molecule is CCCNC(c1sccc1C)C1CCc2ccccc2C1. The molecule has 0 saturated heterocycles. The Bertz CT molecular complexity index is 587. The van der Waals surface area contributed by atoms with Crippen LogP contribution in [-0.2, 0) is 12.8 Å². The third kappa shape index (κ3) is 3.22. The largest absolute Gasteiger partial charge is 0.309 e. The van der Waals surface area contributed by atoms with Crippen molar-refractivity contribution >= 4 is 11.3 Å². The number of hydrogen-bond acceptors (Lipinski definition) is 2. The Morgan fingerprint density at radius 1 is 1.24 bits per heavy atom. The first-order chi connectivity index (χ1) is 10.3. The van der Waals surface area contributed by atoms with Crippen LogP contribution in [0.3, 0.4) is 0 Å². The standard InChI is InChI=1S/C19H25NS/c1-3-11-20-18(19-14(2)10-12-21-19)17-9-8-15-6-4-5-7-16(15)13-17/h4-7,10,12,17-18,20H,3,8-9,11,13H2,1-2H3. The summed E-state index contributed by atoms with van der Waals surface area (Å²) in [5.74, 6) is 0.726. The molecule has 1 aromatic heterocycles. The summed E-state index contributed by atoms with van der Waals surface area (Å²) >= 11 is 1.92. The molecule has 0 radical (unpaired) electrons. The molecule has 1 nitrogen and oxygen atoms in total. The molecule has 21 heavy (non-hydrogen) atoms. The van der Waals surface area contributed by atoms with Gasteiger partial charge in [0.1, 0.15) is 0 Å². The van der Waals surface area contributed by atoms with E-state index in [4.69, 9.17) is 0 Å². The number of benzene rings is 1. The number of aryl methyl sites for hydroxylation is 2. The average molecular weight is 299 g/mol. The second-order valence-electron chi connectivity index (χ2n) is 6.17. The van der Waals surface area contributed by atoms with Crippen molar-refractivity contribution < 1.29 is 0 Å². The van der Waals surface area contributed by atoms with Gasteiger partial charge < -0.3 is 5.32 Å². The molecule has 1 aromatic carbocycles. The molecule has 0 aliphatic heterocycles. The maximum Gasteiger partial charge on any atom is 0.0449 e. The Labute approximate surface area is 132 Å². The van der Waals surface area contributed by atoms with Gasteiger partial charge in [0.05, 0.1) is 0 Å². The fourth-order valence-corrected chi connectivity index (χ4v) is 4.58. The van der Waals surface area contributed by atoms with Gasteiger partial charge in [-0.2, -0.15) is 0 Å². The van der Waals surface area contributed by atoms with Crippen molar-refractivity contribution in [2.24, 2.45) is 5.92 Å². The first-order valence-corrected chi connectivity index (χ1v) is 9.01. The van der Waals surface area contributed by atoms with Gasteiger partial charge in [-0.15, -0.1) is 11.3 Å². The molecule has 2 aromatic rings. The minimum Gasteiger partial charge on any atom is -0.309 e. The molecular formula is C19H25NS. The van der Waals surface area contributed by atoms with Gasteiger partial charge in [0, 0.05) is 10.9 Å². The van der Waals surface area contributed by atoms with Crippen molar-refractivity contribution in [2.45, 2.75) is 45.6 Å². The van der Waals surface area contributed by atoms with Crippen molar-refractivity contribution in [3.8, 4) is 0 Å². The van der Waals surface area contributed by atoms with E-state index in [2.05, 4.69) is 54.9 Å². The van der Waals surface area contributed by atoms with Crippen LogP contribution < -0.4 is 5.32 Å². The third-order valence-corrected chi connectivity index (χ3v) is 5.76. The van der Waals surface area contributed by atoms with Crippen molar-refractivity contribution in [2.75, 3.05) is 6.54 Å². The number of thiophene rings is 1. The normalized spacial score (nSPS) is 19.2. The van der Waals surface area contributed by atoms with Gasteiger partial charge in [-0.05, 0) is 73.2 Å². The lowest BCUT2D eigenvalue weighted by Crippen LogP contribution is -2.32. The van der Waals surface area contributed by atoms with E-state index in [1.807, 2.05) is 11.3 Å². The Kier molecular flexibility index (Phi) is 4.77. The van der Waals surface area contributed by atoms with Crippen molar-refractivity contribution in [1.82, 2.24) is 5.32 Å². The van der Waals surface area contributed by atoms with Crippen LogP contribution in [0.25, 0.3) is 0 Å². The van der Waals surface area contributed by atoms with Crippen LogP contribution in [0.2, 0.25) is 0 Å². The Morgan fingerprint density at radius 3 is 2.76 bits per heavy atom. The fourth-order valence-electron chi connectivity index (χ4n) is 3.49. The van der Waals surface area contributed by atoms with Gasteiger partial charge in [-0.1, -0.05) is 31.2 Å². The highest BCUT2D eigenvalue weighted by Crippen LogP contribution is 2.37. The molecule has 1 heterocycles. The van der Waals surface area contributed by atoms with Crippen molar-refractivity contribution in [3.63, 3.8) is 0 Å². The molecule has 0 spiro atoms. The molecule has 0 amide bonds. The summed E-state index contributed by atoms with van der Waals surface area (Å²) in [7, 11) is 0. The van der Waals surface area contributed by atoms with Gasteiger partial charge in [0.2, 0.25) is 0 Å². The molecule has 2 unspecified atom stereocenters. The maximum absolute atomic E-state index is 3.82. The van der Waals surface area contributed by atoms with Gasteiger partial charge in [-0.3, -0.25) is 0 Å². The van der Waals surface area contributed by atoms with E-state index >= 15 is 0 Å². The lowest BCUT2D eigenvalue weighted by molar-refractivity contribution is 0.329. The lowest BCUT2D eigenvalue weighted by atomic mass is 9.79. The van der Waals surface area contributed by atoms with Crippen LogP contribution in [0.1, 0.15) is 47.4 Å². The zero-order valence-corrected chi connectivity index (χ0v) is 13.9. The van der Waals surface area contributed by atoms with Crippen LogP contribution in [0.5, 0.6) is 0 Å². The molecule has 112 valence electrons. The molecule has 1 N–H and O–H groups in total. The molecule has 1 aliphatic rings. The summed E-state index contributed by atoms with van der Waals surface area (Å²) in [5.41, 5.74) is 4.57. The number of hydrogen-bond donors (Lipinski definition) is 1. The highest BCUT2D eigenvalue weighted by molar-refractivity contribution is 7.10. The van der Waals surface area contributed by atoms with E-state index in [0.717, 1.165) is 12.5 Å². The zero-order chi connectivity index (χ0) is 14.7. The van der Waals surface area contributed by atoms with Gasteiger partial charge in [-0.25, -0.2) is 0 Å². The Morgan fingerprint density at radius 2 is 2.05 bits per heavy atom. The second-order valence-corrected chi connectivity index (χ2v) is 7.12. The third-order valence-electron chi connectivity index (χ3n) is 4.65. The Hall–Kier alpha value is -1.12. The summed E-state index contributed by atoms with van der Waals surface area (Å²) < 4.78 is 0. The molecule has 0 fully saturated rings. The number of rotatable bonds is 5. The van der Waals surface area contributed by atoms with E-state index < -0.39 is 0 Å². The van der Waals surface area contributed by atoms with Crippen LogP contribution in [0, 0.1) is 12.8 Å². The fraction of sp³-hybridized carbons (Fsp3) is 0.474. The van der Waals surface area contributed by atoms with Crippen molar-refractivity contribution in [3.05, 3.63) is 57.3 Å². The lowest BCUT2D eigenvalue weighted by Gasteiger charge is -2.32. The molecule has 0 bridgehead atoms. The molecule has 0 saturated carbocycles. The summed E-state index contributed by atoms with van der Waals surface area (Å²) in [5, 5.41) is 6.06. The van der Waals surface area contributed by atoms with Gasteiger partial charge >= 0.3 is 0 Å². The van der Waals surface area contributed by atoms with E-state index in [0.29, 0.717) is 6.04 Å². The monoisotopic (exact) mass is 299 g/mol. The smallest absolute Gasteiger partial charge is 0.0449 e. The topological polar surface area (TPSA) is 12.0 Å². The Balaban J connectivity index is 1.83. The second kappa shape index (κ2) is 6.76. The minimum absolute atomic E-state index is 0.526. The highest BCUT2D eigenvalue weighted by Gasteiger charge is 2.28. The summed E-state index contributed by atoms with van der Waals surface area (Å²) in [4.78, 5) is 1.55. The van der Waals surface area contributed by atoms with Crippen molar-refractivity contribution in [1.29, 1.82) is 0 Å². The highest BCUT2D eigenvalue weighted by atomic mass is 32.1.